The quantitative estimate of drug-likeness (QED) is 0.810. The van der Waals surface area contributed by atoms with Crippen molar-refractivity contribution in [2.24, 2.45) is 0 Å². The molecule has 0 aromatic heterocycles. The average molecular weight is 325 g/mol. The average Bonchev–Trinajstić information content (AvgIpc) is 2.45. The number of carbonyl (C=O) groups is 1. The Morgan fingerprint density at radius 3 is 2.55 bits per heavy atom. The topological polar surface area (TPSA) is 29.1 Å². The Balaban J connectivity index is 2.14. The van der Waals surface area contributed by atoms with Crippen molar-refractivity contribution >= 4 is 23.4 Å². The summed E-state index contributed by atoms with van der Waals surface area (Å²) >= 11 is 0.655. The van der Waals surface area contributed by atoms with Crippen LogP contribution >= 0.6 is 11.8 Å². The van der Waals surface area contributed by atoms with Gasteiger partial charge in [-0.2, -0.15) is 13.2 Å². The summed E-state index contributed by atoms with van der Waals surface area (Å²) in [6.45, 7) is 1.86. The van der Waals surface area contributed by atoms with E-state index in [0.717, 1.165) is 5.56 Å². The van der Waals surface area contributed by atoms with E-state index in [1.807, 2.05) is 13.0 Å². The van der Waals surface area contributed by atoms with Gasteiger partial charge in [0.2, 0.25) is 0 Å². The maximum Gasteiger partial charge on any atom is 0.398 e. The second-order valence-electron chi connectivity index (χ2n) is 4.72. The van der Waals surface area contributed by atoms with Gasteiger partial charge in [-0.25, -0.2) is 0 Å². The number of hydrogen-bond acceptors (Lipinski definition) is 2. The third kappa shape index (κ3) is 4.80. The smallest absolute Gasteiger partial charge is 0.321 e. The molecule has 2 nitrogen and oxygen atoms in total. The molecule has 0 aliphatic heterocycles. The third-order valence-electron chi connectivity index (χ3n) is 2.81. The van der Waals surface area contributed by atoms with Crippen LogP contribution in [0.1, 0.15) is 15.9 Å². The molecule has 0 saturated heterocycles. The molecule has 0 spiro atoms. The van der Waals surface area contributed by atoms with Crippen molar-refractivity contribution in [2.75, 3.05) is 11.1 Å². The van der Waals surface area contributed by atoms with Gasteiger partial charge in [0.25, 0.3) is 5.91 Å². The number of para-hydroxylation sites is 1. The van der Waals surface area contributed by atoms with Gasteiger partial charge in [-0.1, -0.05) is 29.8 Å². The van der Waals surface area contributed by atoms with E-state index >= 15 is 0 Å². The molecule has 0 radical (unpaired) electrons. The highest BCUT2D eigenvalue weighted by atomic mass is 32.2. The Kier molecular flexibility index (Phi) is 5.13. The maximum atomic E-state index is 12.3. The lowest BCUT2D eigenvalue weighted by molar-refractivity contribution is -0.105. The summed E-state index contributed by atoms with van der Waals surface area (Å²) in [6.07, 6.45) is -4.25. The van der Waals surface area contributed by atoms with Crippen LogP contribution in [0, 0.1) is 6.92 Å². The number of halogens is 3. The molecule has 1 amide bonds. The van der Waals surface area contributed by atoms with Crippen molar-refractivity contribution in [3.63, 3.8) is 0 Å². The van der Waals surface area contributed by atoms with E-state index in [1.54, 1.807) is 42.5 Å². The van der Waals surface area contributed by atoms with Gasteiger partial charge < -0.3 is 5.32 Å². The Morgan fingerprint density at radius 1 is 1.14 bits per heavy atom. The number of benzene rings is 2. The molecule has 0 atom stereocenters. The van der Waals surface area contributed by atoms with Crippen molar-refractivity contribution < 1.29 is 18.0 Å². The minimum atomic E-state index is -4.25. The molecule has 0 unspecified atom stereocenters. The fourth-order valence-electron chi connectivity index (χ4n) is 1.84. The van der Waals surface area contributed by atoms with Gasteiger partial charge in [-0.05, 0) is 31.2 Å². The fourth-order valence-corrected chi connectivity index (χ4v) is 2.60. The minimum Gasteiger partial charge on any atom is -0.321 e. The Bertz CT molecular complexity index is 670. The van der Waals surface area contributed by atoms with E-state index in [4.69, 9.17) is 0 Å². The summed E-state index contributed by atoms with van der Waals surface area (Å²) in [4.78, 5) is 12.6. The van der Waals surface area contributed by atoms with Gasteiger partial charge in [-0.3, -0.25) is 4.79 Å². The van der Waals surface area contributed by atoms with E-state index in [9.17, 15) is 18.0 Å². The summed E-state index contributed by atoms with van der Waals surface area (Å²) in [6, 6.07) is 13.5. The van der Waals surface area contributed by atoms with Gasteiger partial charge >= 0.3 is 6.18 Å². The number of carbonyl (C=O) groups excluding carboxylic acids is 1. The molecule has 2 aromatic rings. The summed E-state index contributed by atoms with van der Waals surface area (Å²) in [5.74, 6) is -1.34. The van der Waals surface area contributed by atoms with Crippen LogP contribution in [-0.2, 0) is 0 Å². The molecule has 0 bridgehead atoms. The zero-order valence-electron chi connectivity index (χ0n) is 11.8. The van der Waals surface area contributed by atoms with Crippen LogP contribution in [0.4, 0.5) is 18.9 Å². The molecule has 0 aliphatic rings. The SMILES string of the molecule is Cc1cccc(C(=O)Nc2ccccc2SCC(F)(F)F)c1. The van der Waals surface area contributed by atoms with Gasteiger partial charge in [0.05, 0.1) is 11.4 Å². The van der Waals surface area contributed by atoms with Crippen LogP contribution in [0.2, 0.25) is 0 Å². The highest BCUT2D eigenvalue weighted by Crippen LogP contribution is 2.32. The Morgan fingerprint density at radius 2 is 1.86 bits per heavy atom. The fraction of sp³-hybridized carbons (Fsp3) is 0.188. The van der Waals surface area contributed by atoms with Crippen molar-refractivity contribution in [3.8, 4) is 0 Å². The van der Waals surface area contributed by atoms with E-state index in [2.05, 4.69) is 5.32 Å². The summed E-state index contributed by atoms with van der Waals surface area (Å²) < 4.78 is 37.0. The second-order valence-corrected chi connectivity index (χ2v) is 5.74. The van der Waals surface area contributed by atoms with E-state index in [1.165, 1.54) is 0 Å². The molecule has 116 valence electrons. The van der Waals surface area contributed by atoms with E-state index < -0.39 is 11.9 Å². The van der Waals surface area contributed by atoms with Crippen LogP contribution in [-0.4, -0.2) is 17.8 Å². The van der Waals surface area contributed by atoms with Crippen molar-refractivity contribution in [1.82, 2.24) is 0 Å². The van der Waals surface area contributed by atoms with Crippen LogP contribution in [0.15, 0.2) is 53.4 Å². The number of thioether (sulfide) groups is 1. The largest absolute Gasteiger partial charge is 0.398 e. The molecule has 22 heavy (non-hydrogen) atoms. The molecule has 0 aliphatic carbocycles. The van der Waals surface area contributed by atoms with Crippen molar-refractivity contribution in [1.29, 1.82) is 0 Å². The summed E-state index contributed by atoms with van der Waals surface area (Å²) in [5.41, 5.74) is 1.78. The minimum absolute atomic E-state index is 0.344. The number of rotatable bonds is 4. The van der Waals surface area contributed by atoms with Gasteiger partial charge in [0.1, 0.15) is 0 Å². The number of hydrogen-bond donors (Lipinski definition) is 1. The standard InChI is InChI=1S/C16H14F3NOS/c1-11-5-4-6-12(9-11)15(21)20-13-7-2-3-8-14(13)22-10-16(17,18)19/h2-9H,10H2,1H3,(H,20,21). The predicted octanol–water partition coefficient (Wildman–Crippen LogP) is 4.90. The second kappa shape index (κ2) is 6.87. The molecule has 0 heterocycles. The molecule has 0 saturated carbocycles. The zero-order chi connectivity index (χ0) is 16.2. The lowest BCUT2D eigenvalue weighted by Gasteiger charge is -2.12. The molecule has 2 aromatic carbocycles. The molecule has 6 heteroatoms. The molecule has 1 N–H and O–H groups in total. The highest BCUT2D eigenvalue weighted by molar-refractivity contribution is 7.99. The molecular formula is C16H14F3NOS. The first-order valence-corrected chi connectivity index (χ1v) is 7.50. The van der Waals surface area contributed by atoms with Gasteiger partial charge in [0.15, 0.2) is 0 Å². The summed E-state index contributed by atoms with van der Waals surface area (Å²) in [5, 5.41) is 2.66. The molecule has 2 rings (SSSR count). The van der Waals surface area contributed by atoms with Crippen LogP contribution in [0.25, 0.3) is 0 Å². The lowest BCUT2D eigenvalue weighted by atomic mass is 10.1. The zero-order valence-corrected chi connectivity index (χ0v) is 12.6. The van der Waals surface area contributed by atoms with Crippen molar-refractivity contribution in [3.05, 3.63) is 59.7 Å². The predicted molar refractivity (Wildman–Crippen MR) is 82.4 cm³/mol. The number of alkyl halides is 3. The van der Waals surface area contributed by atoms with Gasteiger partial charge in [0, 0.05) is 10.5 Å². The third-order valence-corrected chi connectivity index (χ3v) is 3.95. The Hall–Kier alpha value is -1.95. The first kappa shape index (κ1) is 16.4. The first-order valence-electron chi connectivity index (χ1n) is 6.52. The molecular weight excluding hydrogens is 311 g/mol. The number of aryl methyl sites for hydroxylation is 1. The number of anilines is 1. The van der Waals surface area contributed by atoms with Crippen LogP contribution in [0.3, 0.4) is 0 Å². The number of nitrogens with one attached hydrogen (secondary N) is 1. The van der Waals surface area contributed by atoms with Crippen LogP contribution in [0.5, 0.6) is 0 Å². The lowest BCUT2D eigenvalue weighted by Crippen LogP contribution is -2.14. The summed E-state index contributed by atoms with van der Waals surface area (Å²) in [7, 11) is 0. The molecule has 0 fully saturated rings. The van der Waals surface area contributed by atoms with Gasteiger partial charge in [-0.15, -0.1) is 11.8 Å². The Labute approximate surface area is 130 Å². The monoisotopic (exact) mass is 325 g/mol. The highest BCUT2D eigenvalue weighted by Gasteiger charge is 2.27. The normalized spacial score (nSPS) is 11.3. The van der Waals surface area contributed by atoms with Crippen LogP contribution < -0.4 is 5.32 Å². The first-order chi connectivity index (χ1) is 10.3. The number of amides is 1. The maximum absolute atomic E-state index is 12.3. The van der Waals surface area contributed by atoms with E-state index in [0.29, 0.717) is 27.9 Å². The van der Waals surface area contributed by atoms with E-state index in [-0.39, 0.29) is 5.91 Å². The van der Waals surface area contributed by atoms with Crippen molar-refractivity contribution in [2.45, 2.75) is 18.0 Å².